The minimum absolute atomic E-state index is 0. The van der Waals surface area contributed by atoms with E-state index in [9.17, 15) is 0 Å². The first-order chi connectivity index (χ1) is 8.25. The van der Waals surface area contributed by atoms with Gasteiger partial charge in [-0.15, -0.1) is 0 Å². The highest BCUT2D eigenvalue weighted by Crippen LogP contribution is 2.29. The lowest BCUT2D eigenvalue weighted by molar-refractivity contribution is -0.00000386. The molecule has 0 unspecified atom stereocenters. The van der Waals surface area contributed by atoms with Crippen molar-refractivity contribution < 1.29 is 16.8 Å². The molecule has 2 nitrogen and oxygen atoms in total. The first-order valence-electron chi connectivity index (χ1n) is 5.67. The normalized spacial score (nSPS) is 10.3. The molecule has 0 bridgehead atoms. The van der Waals surface area contributed by atoms with Crippen LogP contribution in [0.5, 0.6) is 0 Å². The van der Waals surface area contributed by atoms with Gasteiger partial charge < -0.3 is 17.3 Å². The predicted molar refractivity (Wildman–Crippen MR) is 72.5 cm³/mol. The summed E-state index contributed by atoms with van der Waals surface area (Å²) in [5.74, 6) is 0. The van der Waals surface area contributed by atoms with E-state index in [0.717, 1.165) is 21.9 Å². The van der Waals surface area contributed by atoms with Crippen LogP contribution in [0.15, 0.2) is 52.9 Å². The SMILES string of the molecule is CN(C)c1cccc2[o+]c3ccccc3cc12.[Cl-]. The standard InChI is InChI=1S/C15H14NO.ClH/c1-16(2)13-7-5-9-15-12(13)10-11-6-3-4-8-14(11)17-15;/h3-10H,1-2H3;1H/q+1;/p-1. The highest BCUT2D eigenvalue weighted by atomic mass is 35.5. The van der Waals surface area contributed by atoms with Crippen molar-refractivity contribution in [3.63, 3.8) is 0 Å². The summed E-state index contributed by atoms with van der Waals surface area (Å²) < 4.78 is 5.91. The van der Waals surface area contributed by atoms with Crippen molar-refractivity contribution in [2.45, 2.75) is 0 Å². The number of benzene rings is 2. The summed E-state index contributed by atoms with van der Waals surface area (Å²) in [6, 6.07) is 16.4. The molecule has 92 valence electrons. The lowest BCUT2D eigenvalue weighted by atomic mass is 10.1. The molecular weight excluding hydrogens is 246 g/mol. The molecule has 1 heterocycles. The molecule has 0 saturated heterocycles. The van der Waals surface area contributed by atoms with Gasteiger partial charge in [0.1, 0.15) is 5.39 Å². The largest absolute Gasteiger partial charge is 1.00 e. The van der Waals surface area contributed by atoms with Gasteiger partial charge in [0.15, 0.2) is 0 Å². The lowest BCUT2D eigenvalue weighted by Crippen LogP contribution is -3.00. The van der Waals surface area contributed by atoms with Crippen molar-refractivity contribution in [2.24, 2.45) is 0 Å². The highest BCUT2D eigenvalue weighted by Gasteiger charge is 2.14. The van der Waals surface area contributed by atoms with Crippen LogP contribution in [0.4, 0.5) is 5.69 Å². The molecule has 0 saturated carbocycles. The third-order valence-corrected chi connectivity index (χ3v) is 2.96. The summed E-state index contributed by atoms with van der Waals surface area (Å²) in [4.78, 5) is 2.10. The quantitative estimate of drug-likeness (QED) is 0.477. The van der Waals surface area contributed by atoms with Gasteiger partial charge in [-0.05, 0) is 18.2 Å². The summed E-state index contributed by atoms with van der Waals surface area (Å²) in [7, 11) is 4.09. The number of hydrogen-bond donors (Lipinski definition) is 0. The van der Waals surface area contributed by atoms with Crippen molar-refractivity contribution in [3.05, 3.63) is 48.5 Å². The molecule has 3 aromatic rings. The van der Waals surface area contributed by atoms with Crippen LogP contribution < -0.4 is 17.3 Å². The maximum atomic E-state index is 5.91. The number of halogens is 1. The van der Waals surface area contributed by atoms with Gasteiger partial charge in [0, 0.05) is 26.2 Å². The third-order valence-electron chi connectivity index (χ3n) is 2.96. The Kier molecular flexibility index (Phi) is 3.39. The van der Waals surface area contributed by atoms with Gasteiger partial charge in [-0.1, -0.05) is 18.2 Å². The van der Waals surface area contributed by atoms with Crippen LogP contribution in [0.2, 0.25) is 0 Å². The van der Waals surface area contributed by atoms with Crippen LogP contribution >= 0.6 is 0 Å². The number of fused-ring (bicyclic) bond motifs is 2. The summed E-state index contributed by atoms with van der Waals surface area (Å²) >= 11 is 0. The van der Waals surface area contributed by atoms with Gasteiger partial charge in [-0.3, -0.25) is 0 Å². The molecule has 3 heteroatoms. The Hall–Kier alpha value is -1.80. The maximum absolute atomic E-state index is 5.91. The fourth-order valence-electron chi connectivity index (χ4n) is 2.12. The van der Waals surface area contributed by atoms with E-state index in [1.807, 2.05) is 44.4 Å². The van der Waals surface area contributed by atoms with Gasteiger partial charge in [-0.2, -0.15) is 0 Å². The molecule has 2 aromatic carbocycles. The van der Waals surface area contributed by atoms with E-state index in [-0.39, 0.29) is 12.4 Å². The zero-order chi connectivity index (χ0) is 11.8. The average Bonchev–Trinajstić information content (AvgIpc) is 2.35. The Balaban J connectivity index is 0.00000120. The minimum atomic E-state index is 0. The second-order valence-corrected chi connectivity index (χ2v) is 4.37. The zero-order valence-corrected chi connectivity index (χ0v) is 11.1. The van der Waals surface area contributed by atoms with Crippen LogP contribution in [0.3, 0.4) is 0 Å². The van der Waals surface area contributed by atoms with Gasteiger partial charge in [0.25, 0.3) is 0 Å². The molecule has 0 radical (unpaired) electrons. The average molecular weight is 260 g/mol. The Labute approximate surface area is 112 Å². The van der Waals surface area contributed by atoms with Crippen LogP contribution in [0, 0.1) is 0 Å². The molecule has 0 atom stereocenters. The number of para-hydroxylation sites is 1. The van der Waals surface area contributed by atoms with Crippen LogP contribution in [-0.4, -0.2) is 14.1 Å². The third kappa shape index (κ3) is 2.00. The Bertz CT molecular complexity index is 694. The van der Waals surface area contributed by atoms with Crippen LogP contribution in [0.1, 0.15) is 0 Å². The van der Waals surface area contributed by atoms with E-state index in [1.54, 1.807) is 0 Å². The van der Waals surface area contributed by atoms with E-state index < -0.39 is 0 Å². The predicted octanol–water partition coefficient (Wildman–Crippen LogP) is 0.937. The molecule has 0 aliphatic heterocycles. The van der Waals surface area contributed by atoms with Crippen molar-refractivity contribution in [1.29, 1.82) is 0 Å². The summed E-state index contributed by atoms with van der Waals surface area (Å²) in [6.07, 6.45) is 0. The number of nitrogens with zero attached hydrogens (tertiary/aromatic N) is 1. The molecule has 0 fully saturated rings. The van der Waals surface area contributed by atoms with Crippen molar-refractivity contribution in [3.8, 4) is 0 Å². The second-order valence-electron chi connectivity index (χ2n) is 4.37. The maximum Gasteiger partial charge on any atom is 0.362 e. The van der Waals surface area contributed by atoms with E-state index in [4.69, 9.17) is 4.42 Å². The van der Waals surface area contributed by atoms with Gasteiger partial charge in [0.05, 0.1) is 11.1 Å². The van der Waals surface area contributed by atoms with Gasteiger partial charge >= 0.3 is 11.2 Å². The number of rotatable bonds is 1. The highest BCUT2D eigenvalue weighted by molar-refractivity contribution is 5.97. The molecule has 1 aromatic heterocycles. The van der Waals surface area contributed by atoms with Crippen molar-refractivity contribution >= 4 is 27.6 Å². The van der Waals surface area contributed by atoms with Crippen molar-refractivity contribution in [1.82, 2.24) is 0 Å². The fourth-order valence-corrected chi connectivity index (χ4v) is 2.12. The minimum Gasteiger partial charge on any atom is -1.00 e. The molecule has 3 rings (SSSR count). The Morgan fingerprint density at radius 1 is 0.889 bits per heavy atom. The summed E-state index contributed by atoms with van der Waals surface area (Å²) in [6.45, 7) is 0. The first kappa shape index (κ1) is 12.7. The van der Waals surface area contributed by atoms with Gasteiger partial charge in [-0.25, -0.2) is 4.42 Å². The monoisotopic (exact) mass is 259 g/mol. The molecule has 0 aliphatic rings. The van der Waals surface area contributed by atoms with Gasteiger partial charge in [0.2, 0.25) is 0 Å². The van der Waals surface area contributed by atoms with Crippen LogP contribution in [-0.2, 0) is 0 Å². The fraction of sp³-hybridized carbons (Fsp3) is 0.133. The molecule has 0 aliphatic carbocycles. The first-order valence-corrected chi connectivity index (χ1v) is 5.67. The number of anilines is 1. The molecule has 0 spiro atoms. The van der Waals surface area contributed by atoms with E-state index in [1.165, 1.54) is 5.69 Å². The molecule has 0 N–H and O–H groups in total. The molecule has 0 amide bonds. The smallest absolute Gasteiger partial charge is 0.362 e. The summed E-state index contributed by atoms with van der Waals surface area (Å²) in [5.41, 5.74) is 3.03. The number of hydrogen-bond acceptors (Lipinski definition) is 1. The zero-order valence-electron chi connectivity index (χ0n) is 10.4. The second kappa shape index (κ2) is 4.83. The Morgan fingerprint density at radius 3 is 2.39 bits per heavy atom. The summed E-state index contributed by atoms with van der Waals surface area (Å²) in [5, 5.41) is 2.28. The lowest BCUT2D eigenvalue weighted by Gasteiger charge is -2.12. The topological polar surface area (TPSA) is 14.5 Å². The van der Waals surface area contributed by atoms with E-state index in [0.29, 0.717) is 0 Å². The van der Waals surface area contributed by atoms with Crippen LogP contribution in [0.25, 0.3) is 21.9 Å². The Morgan fingerprint density at radius 2 is 1.61 bits per heavy atom. The van der Waals surface area contributed by atoms with Crippen molar-refractivity contribution in [2.75, 3.05) is 19.0 Å². The molecule has 18 heavy (non-hydrogen) atoms. The van der Waals surface area contributed by atoms with E-state index >= 15 is 0 Å². The van der Waals surface area contributed by atoms with E-state index in [2.05, 4.69) is 23.1 Å². The molecular formula is C15H14ClNO.